The lowest BCUT2D eigenvalue weighted by atomic mass is 10.1. The summed E-state index contributed by atoms with van der Waals surface area (Å²) in [4.78, 5) is 20.2. The minimum Gasteiger partial charge on any atom is -0.321 e. The largest absolute Gasteiger partial charge is 0.321 e. The Morgan fingerprint density at radius 2 is 2.11 bits per heavy atom. The number of rotatable bonds is 3. The number of amides is 1. The Bertz CT molecular complexity index is 599. The van der Waals surface area contributed by atoms with E-state index in [2.05, 4.69) is 15.3 Å². The summed E-state index contributed by atoms with van der Waals surface area (Å²) in [6.45, 7) is 3.94. The number of carbonyl (C=O) groups is 1. The summed E-state index contributed by atoms with van der Waals surface area (Å²) in [6.07, 6.45) is 3.02. The van der Waals surface area contributed by atoms with Crippen molar-refractivity contribution >= 4 is 11.6 Å². The molecule has 1 aromatic heterocycles. The number of hydrogen-bond acceptors (Lipinski definition) is 3. The van der Waals surface area contributed by atoms with Gasteiger partial charge in [0, 0.05) is 11.9 Å². The van der Waals surface area contributed by atoms with Gasteiger partial charge in [-0.1, -0.05) is 19.9 Å². The third-order valence-corrected chi connectivity index (χ3v) is 2.56. The van der Waals surface area contributed by atoms with Crippen LogP contribution in [0.15, 0.2) is 36.7 Å². The Kier molecular flexibility index (Phi) is 3.85. The predicted molar refractivity (Wildman–Crippen MR) is 70.5 cm³/mol. The number of nitrogens with zero attached hydrogens (tertiary/aromatic N) is 2. The van der Waals surface area contributed by atoms with Gasteiger partial charge in [-0.2, -0.15) is 0 Å². The van der Waals surface area contributed by atoms with E-state index < -0.39 is 11.7 Å². The van der Waals surface area contributed by atoms with E-state index in [1.807, 2.05) is 13.8 Å². The highest BCUT2D eigenvalue weighted by Crippen LogP contribution is 2.12. The van der Waals surface area contributed by atoms with Gasteiger partial charge in [-0.05, 0) is 24.1 Å². The van der Waals surface area contributed by atoms with Crippen LogP contribution < -0.4 is 5.32 Å². The number of halogens is 1. The van der Waals surface area contributed by atoms with Crippen LogP contribution in [0.3, 0.4) is 0 Å². The molecule has 19 heavy (non-hydrogen) atoms. The molecule has 0 aliphatic rings. The van der Waals surface area contributed by atoms with Crippen LogP contribution in [0, 0.1) is 5.82 Å². The van der Waals surface area contributed by atoms with Crippen LogP contribution >= 0.6 is 0 Å². The molecule has 1 aromatic carbocycles. The molecule has 0 aliphatic carbocycles. The summed E-state index contributed by atoms with van der Waals surface area (Å²) in [5, 5.41) is 2.58. The van der Waals surface area contributed by atoms with Crippen molar-refractivity contribution in [3.8, 4) is 0 Å². The van der Waals surface area contributed by atoms with Gasteiger partial charge in [0.25, 0.3) is 5.91 Å². The third kappa shape index (κ3) is 3.34. The zero-order chi connectivity index (χ0) is 13.8. The van der Waals surface area contributed by atoms with Crippen LogP contribution in [0.5, 0.6) is 0 Å². The number of aromatic nitrogens is 2. The molecule has 2 aromatic rings. The van der Waals surface area contributed by atoms with Crippen molar-refractivity contribution in [2.45, 2.75) is 19.8 Å². The second kappa shape index (κ2) is 5.56. The molecule has 0 bridgehead atoms. The second-order valence-electron chi connectivity index (χ2n) is 4.45. The quantitative estimate of drug-likeness (QED) is 0.921. The van der Waals surface area contributed by atoms with Crippen molar-refractivity contribution in [2.75, 3.05) is 5.32 Å². The van der Waals surface area contributed by atoms with Crippen LogP contribution in [-0.2, 0) is 0 Å². The van der Waals surface area contributed by atoms with E-state index in [1.165, 1.54) is 24.4 Å². The maximum atomic E-state index is 13.0. The fourth-order valence-corrected chi connectivity index (χ4v) is 1.53. The lowest BCUT2D eigenvalue weighted by molar-refractivity contribution is 0.102. The highest BCUT2D eigenvalue weighted by Gasteiger charge is 2.11. The smallest absolute Gasteiger partial charge is 0.275 e. The van der Waals surface area contributed by atoms with Gasteiger partial charge in [0.2, 0.25) is 0 Å². The van der Waals surface area contributed by atoms with Gasteiger partial charge in [-0.3, -0.25) is 9.78 Å². The molecule has 0 atom stereocenters. The summed E-state index contributed by atoms with van der Waals surface area (Å²) in [5.41, 5.74) is 1.35. The number of hydrogen-bond donors (Lipinski definition) is 1. The number of anilines is 1. The molecule has 0 spiro atoms. The first kappa shape index (κ1) is 13.1. The van der Waals surface area contributed by atoms with E-state index in [0.717, 1.165) is 5.69 Å². The van der Waals surface area contributed by atoms with Gasteiger partial charge < -0.3 is 5.32 Å². The van der Waals surface area contributed by atoms with Crippen LogP contribution in [-0.4, -0.2) is 15.9 Å². The maximum Gasteiger partial charge on any atom is 0.275 e. The van der Waals surface area contributed by atoms with Crippen LogP contribution in [0.2, 0.25) is 0 Å². The number of carbonyl (C=O) groups excluding carboxylic acids is 1. The Morgan fingerprint density at radius 1 is 1.32 bits per heavy atom. The zero-order valence-corrected chi connectivity index (χ0v) is 10.7. The van der Waals surface area contributed by atoms with E-state index in [1.54, 1.807) is 12.3 Å². The first-order valence-corrected chi connectivity index (χ1v) is 5.95. The van der Waals surface area contributed by atoms with E-state index in [9.17, 15) is 9.18 Å². The molecule has 0 saturated carbocycles. The van der Waals surface area contributed by atoms with Gasteiger partial charge in [-0.15, -0.1) is 0 Å². The lowest BCUT2D eigenvalue weighted by Gasteiger charge is -2.07. The normalized spacial score (nSPS) is 10.5. The van der Waals surface area contributed by atoms with E-state index in [4.69, 9.17) is 0 Å². The van der Waals surface area contributed by atoms with Crippen molar-refractivity contribution in [2.24, 2.45) is 0 Å². The second-order valence-corrected chi connectivity index (χ2v) is 4.45. The molecule has 0 radical (unpaired) electrons. The van der Waals surface area contributed by atoms with Crippen LogP contribution in [0.4, 0.5) is 10.1 Å². The molecular weight excluding hydrogens is 245 g/mol. The molecule has 4 nitrogen and oxygen atoms in total. The fraction of sp³-hybridized carbons (Fsp3) is 0.214. The standard InChI is InChI=1S/C14H14FN3O/c1-9(2)12-7-16-8-13(18-12)14(19)17-11-5-3-4-10(15)6-11/h3-9H,1-2H3,(H,17,19). The van der Waals surface area contributed by atoms with Crippen molar-refractivity contribution in [3.63, 3.8) is 0 Å². The first-order valence-electron chi connectivity index (χ1n) is 5.95. The van der Waals surface area contributed by atoms with Crippen LogP contribution in [0.1, 0.15) is 35.9 Å². The topological polar surface area (TPSA) is 54.9 Å². The van der Waals surface area contributed by atoms with Gasteiger partial charge in [0.15, 0.2) is 0 Å². The van der Waals surface area contributed by atoms with Gasteiger partial charge in [0.1, 0.15) is 11.5 Å². The van der Waals surface area contributed by atoms with Gasteiger partial charge >= 0.3 is 0 Å². The molecule has 5 heteroatoms. The molecular formula is C14H14FN3O. The zero-order valence-electron chi connectivity index (χ0n) is 10.7. The Hall–Kier alpha value is -2.30. The molecule has 98 valence electrons. The summed E-state index contributed by atoms with van der Waals surface area (Å²) in [5.74, 6) is -0.616. The molecule has 1 heterocycles. The van der Waals surface area contributed by atoms with Crippen molar-refractivity contribution in [1.29, 1.82) is 0 Å². The maximum absolute atomic E-state index is 13.0. The molecule has 1 amide bonds. The summed E-state index contributed by atoms with van der Waals surface area (Å²) in [7, 11) is 0. The van der Waals surface area contributed by atoms with Crippen LogP contribution in [0.25, 0.3) is 0 Å². The lowest BCUT2D eigenvalue weighted by Crippen LogP contribution is -2.15. The van der Waals surface area contributed by atoms with E-state index in [-0.39, 0.29) is 11.6 Å². The monoisotopic (exact) mass is 259 g/mol. The van der Waals surface area contributed by atoms with E-state index >= 15 is 0 Å². The Morgan fingerprint density at radius 3 is 2.79 bits per heavy atom. The minimum absolute atomic E-state index is 0.189. The highest BCUT2D eigenvalue weighted by molar-refractivity contribution is 6.02. The van der Waals surface area contributed by atoms with E-state index in [0.29, 0.717) is 5.69 Å². The minimum atomic E-state index is -0.403. The predicted octanol–water partition coefficient (Wildman–Crippen LogP) is 2.99. The molecule has 0 aliphatic heterocycles. The van der Waals surface area contributed by atoms with Gasteiger partial charge in [0.05, 0.1) is 11.9 Å². The number of benzene rings is 1. The van der Waals surface area contributed by atoms with Crippen molar-refractivity contribution < 1.29 is 9.18 Å². The molecule has 2 rings (SSSR count). The van der Waals surface area contributed by atoms with Crippen molar-refractivity contribution in [1.82, 2.24) is 9.97 Å². The molecule has 0 unspecified atom stereocenters. The first-order chi connectivity index (χ1) is 9.06. The average Bonchev–Trinajstić information content (AvgIpc) is 2.39. The Balaban J connectivity index is 2.18. The third-order valence-electron chi connectivity index (χ3n) is 2.56. The molecule has 0 saturated heterocycles. The molecule has 0 fully saturated rings. The summed E-state index contributed by atoms with van der Waals surface area (Å²) < 4.78 is 13.0. The molecule has 1 N–H and O–H groups in total. The fourth-order valence-electron chi connectivity index (χ4n) is 1.53. The highest BCUT2D eigenvalue weighted by atomic mass is 19.1. The average molecular weight is 259 g/mol. The summed E-state index contributed by atoms with van der Waals surface area (Å²) in [6, 6.07) is 5.70. The van der Waals surface area contributed by atoms with Crippen molar-refractivity contribution in [3.05, 3.63) is 53.9 Å². The summed E-state index contributed by atoms with van der Waals surface area (Å²) >= 11 is 0. The SMILES string of the molecule is CC(C)c1cncc(C(=O)Nc2cccc(F)c2)n1. The Labute approximate surface area is 110 Å². The number of nitrogens with one attached hydrogen (secondary N) is 1. The van der Waals surface area contributed by atoms with Gasteiger partial charge in [-0.25, -0.2) is 9.37 Å².